The molecule has 0 amide bonds. The fourth-order valence-corrected chi connectivity index (χ4v) is 4.58. The van der Waals surface area contributed by atoms with Gasteiger partial charge in [-0.15, -0.1) is 24.0 Å². The topological polar surface area (TPSA) is 59.2 Å². The van der Waals surface area contributed by atoms with Crippen LogP contribution >= 0.6 is 24.0 Å². The third kappa shape index (κ3) is 5.86. The van der Waals surface area contributed by atoms with Crippen molar-refractivity contribution in [1.82, 2.24) is 10.2 Å². The molecule has 2 atom stereocenters. The van der Waals surface area contributed by atoms with Gasteiger partial charge in [0.2, 0.25) is 0 Å². The summed E-state index contributed by atoms with van der Waals surface area (Å²) in [5, 5.41) is 3.61. The lowest BCUT2D eigenvalue weighted by molar-refractivity contribution is -0.0370. The Labute approximate surface area is 185 Å². The maximum Gasteiger partial charge on any atom is 0.193 e. The van der Waals surface area contributed by atoms with Crippen LogP contribution < -0.4 is 5.32 Å². The molecule has 3 aliphatic rings. The number of ether oxygens (including phenoxy) is 2. The Balaban J connectivity index is 0.00000225. The third-order valence-corrected chi connectivity index (χ3v) is 6.12. The van der Waals surface area contributed by atoms with Crippen molar-refractivity contribution in [2.24, 2.45) is 16.3 Å². The second kappa shape index (κ2) is 10.8. The van der Waals surface area contributed by atoms with Crippen molar-refractivity contribution in [3.8, 4) is 0 Å². The number of halogens is 1. The summed E-state index contributed by atoms with van der Waals surface area (Å²) in [7, 11) is 0. The Kier molecular flexibility index (Phi) is 8.47. The molecule has 1 spiro atoms. The number of guanidine groups is 1. The molecule has 0 aromatic carbocycles. The first-order chi connectivity index (χ1) is 13.3. The third-order valence-electron chi connectivity index (χ3n) is 6.12. The lowest BCUT2D eigenvalue weighted by Gasteiger charge is -2.45. The molecule has 158 valence electrons. The summed E-state index contributed by atoms with van der Waals surface area (Å²) in [6, 6.07) is 3.98. The van der Waals surface area contributed by atoms with E-state index in [1.165, 1.54) is 25.7 Å². The fourth-order valence-electron chi connectivity index (χ4n) is 4.58. The molecular formula is C21H34IN3O3. The van der Waals surface area contributed by atoms with Crippen LogP contribution in [0.1, 0.15) is 37.9 Å². The number of hydrogen-bond acceptors (Lipinski definition) is 4. The summed E-state index contributed by atoms with van der Waals surface area (Å²) in [6.07, 6.45) is 8.70. The van der Waals surface area contributed by atoms with Crippen molar-refractivity contribution in [1.29, 1.82) is 0 Å². The molecule has 7 heteroatoms. The minimum Gasteiger partial charge on any atom is -0.469 e. The minimum absolute atomic E-state index is 0. The number of hydrogen-bond donors (Lipinski definition) is 1. The van der Waals surface area contributed by atoms with E-state index >= 15 is 0 Å². The van der Waals surface area contributed by atoms with E-state index in [1.54, 1.807) is 6.26 Å². The molecule has 4 rings (SSSR count). The molecule has 0 bridgehead atoms. The molecule has 1 aromatic heterocycles. The maximum atomic E-state index is 5.85. The SMILES string of the molecule is I.c1coc(CCNC(=NCC2CCOC2)N2CCCC3(CCCOC3)C2)c1. The highest BCUT2D eigenvalue weighted by molar-refractivity contribution is 14.0. The Morgan fingerprint density at radius 2 is 2.18 bits per heavy atom. The molecule has 4 heterocycles. The largest absolute Gasteiger partial charge is 0.469 e. The highest BCUT2D eigenvalue weighted by atomic mass is 127. The molecule has 3 aliphatic heterocycles. The molecule has 1 N–H and O–H groups in total. The average molecular weight is 503 g/mol. The van der Waals surface area contributed by atoms with Gasteiger partial charge in [-0.3, -0.25) is 4.99 Å². The molecular weight excluding hydrogens is 469 g/mol. The van der Waals surface area contributed by atoms with Crippen molar-refractivity contribution >= 4 is 29.9 Å². The van der Waals surface area contributed by atoms with Gasteiger partial charge in [0.1, 0.15) is 5.76 Å². The standard InChI is InChI=1S/C21H33N3O3.HI/c1-4-19(27-12-1)5-9-22-20(23-14-18-6-13-25-15-18)24-10-2-7-21(16-24)8-3-11-26-17-21;/h1,4,12,18H,2-3,5-11,13-17H2,(H,22,23);1H. The Hall–Kier alpha value is -0.800. The van der Waals surface area contributed by atoms with Crippen LogP contribution in [0.2, 0.25) is 0 Å². The molecule has 0 radical (unpaired) electrons. The number of nitrogens with one attached hydrogen (secondary N) is 1. The van der Waals surface area contributed by atoms with Crippen LogP contribution in [-0.4, -0.2) is 63.5 Å². The molecule has 2 unspecified atom stereocenters. The number of piperidine rings is 1. The predicted molar refractivity (Wildman–Crippen MR) is 120 cm³/mol. The van der Waals surface area contributed by atoms with Crippen molar-refractivity contribution in [2.75, 3.05) is 52.6 Å². The highest BCUT2D eigenvalue weighted by Crippen LogP contribution is 2.37. The summed E-state index contributed by atoms with van der Waals surface area (Å²) in [5.41, 5.74) is 0.316. The molecule has 3 fully saturated rings. The Bertz CT molecular complexity index is 591. The predicted octanol–water partition coefficient (Wildman–Crippen LogP) is 3.31. The van der Waals surface area contributed by atoms with Crippen molar-refractivity contribution < 1.29 is 13.9 Å². The molecule has 0 saturated carbocycles. The van der Waals surface area contributed by atoms with Crippen molar-refractivity contribution in [2.45, 2.75) is 38.5 Å². The van der Waals surface area contributed by atoms with Gasteiger partial charge in [0, 0.05) is 57.1 Å². The monoisotopic (exact) mass is 503 g/mol. The van der Waals surface area contributed by atoms with Crippen LogP contribution in [0.25, 0.3) is 0 Å². The zero-order valence-corrected chi connectivity index (χ0v) is 19.1. The zero-order valence-electron chi connectivity index (χ0n) is 16.7. The van der Waals surface area contributed by atoms with E-state index in [4.69, 9.17) is 18.9 Å². The molecule has 6 nitrogen and oxygen atoms in total. The van der Waals surface area contributed by atoms with Crippen LogP contribution in [0.15, 0.2) is 27.8 Å². The number of furan rings is 1. The van der Waals surface area contributed by atoms with Crippen LogP contribution in [0, 0.1) is 11.3 Å². The summed E-state index contributed by atoms with van der Waals surface area (Å²) in [6.45, 7) is 7.38. The first kappa shape index (κ1) is 21.9. The quantitative estimate of drug-likeness (QED) is 0.380. The first-order valence-electron chi connectivity index (χ1n) is 10.5. The van der Waals surface area contributed by atoms with Crippen LogP contribution in [-0.2, 0) is 15.9 Å². The van der Waals surface area contributed by atoms with E-state index in [9.17, 15) is 0 Å². The fraction of sp³-hybridized carbons (Fsp3) is 0.762. The molecule has 3 saturated heterocycles. The van der Waals surface area contributed by atoms with Gasteiger partial charge in [-0.2, -0.15) is 0 Å². The van der Waals surface area contributed by atoms with E-state index in [2.05, 4.69) is 10.2 Å². The lowest BCUT2D eigenvalue weighted by atomic mass is 9.76. The summed E-state index contributed by atoms with van der Waals surface area (Å²) >= 11 is 0. The van der Waals surface area contributed by atoms with Crippen LogP contribution in [0.5, 0.6) is 0 Å². The lowest BCUT2D eigenvalue weighted by Crippen LogP contribution is -2.53. The second-order valence-electron chi connectivity index (χ2n) is 8.33. The minimum atomic E-state index is 0. The van der Waals surface area contributed by atoms with Gasteiger partial charge in [0.25, 0.3) is 0 Å². The van der Waals surface area contributed by atoms with Gasteiger partial charge < -0.3 is 24.1 Å². The summed E-state index contributed by atoms with van der Waals surface area (Å²) < 4.78 is 16.8. The van der Waals surface area contributed by atoms with Crippen LogP contribution in [0.4, 0.5) is 0 Å². The number of likely N-dealkylation sites (tertiary alicyclic amines) is 1. The molecule has 1 aromatic rings. The van der Waals surface area contributed by atoms with E-state index in [0.717, 1.165) is 77.2 Å². The van der Waals surface area contributed by atoms with Gasteiger partial charge in [0.15, 0.2) is 5.96 Å². The average Bonchev–Trinajstić information content (AvgIpc) is 3.39. The van der Waals surface area contributed by atoms with Gasteiger partial charge in [-0.1, -0.05) is 0 Å². The number of nitrogens with zero attached hydrogens (tertiary/aromatic N) is 2. The van der Waals surface area contributed by atoms with E-state index in [-0.39, 0.29) is 24.0 Å². The van der Waals surface area contributed by atoms with E-state index in [0.29, 0.717) is 11.3 Å². The Morgan fingerprint density at radius 3 is 2.93 bits per heavy atom. The number of aliphatic imine (C=N–C) groups is 1. The highest BCUT2D eigenvalue weighted by Gasteiger charge is 2.38. The van der Waals surface area contributed by atoms with Crippen molar-refractivity contribution in [3.63, 3.8) is 0 Å². The van der Waals surface area contributed by atoms with Gasteiger partial charge in [-0.25, -0.2) is 0 Å². The van der Waals surface area contributed by atoms with Crippen molar-refractivity contribution in [3.05, 3.63) is 24.2 Å². The van der Waals surface area contributed by atoms with Gasteiger partial charge in [0.05, 0.1) is 19.5 Å². The zero-order chi connectivity index (χ0) is 18.4. The smallest absolute Gasteiger partial charge is 0.193 e. The first-order valence-corrected chi connectivity index (χ1v) is 10.5. The molecule has 0 aliphatic carbocycles. The summed E-state index contributed by atoms with van der Waals surface area (Å²) in [4.78, 5) is 7.47. The number of rotatable bonds is 5. The van der Waals surface area contributed by atoms with Gasteiger partial charge >= 0.3 is 0 Å². The molecule has 28 heavy (non-hydrogen) atoms. The summed E-state index contributed by atoms with van der Waals surface area (Å²) in [5.74, 6) is 2.63. The second-order valence-corrected chi connectivity index (χ2v) is 8.33. The van der Waals surface area contributed by atoms with E-state index in [1.807, 2.05) is 12.1 Å². The van der Waals surface area contributed by atoms with E-state index < -0.39 is 0 Å². The van der Waals surface area contributed by atoms with Crippen LogP contribution in [0.3, 0.4) is 0 Å². The van der Waals surface area contributed by atoms with Gasteiger partial charge in [-0.05, 0) is 44.2 Å². The normalized spacial score (nSPS) is 28.4. The maximum absolute atomic E-state index is 5.85. The Morgan fingerprint density at radius 1 is 1.25 bits per heavy atom.